The number of halogens is 1. The zero-order chi connectivity index (χ0) is 13.8. The maximum atomic E-state index is 13.1. The molecule has 1 amide bonds. The zero-order valence-corrected chi connectivity index (χ0v) is 10.1. The van der Waals surface area contributed by atoms with Crippen molar-refractivity contribution in [3.63, 3.8) is 0 Å². The lowest BCUT2D eigenvalue weighted by Gasteiger charge is -2.21. The van der Waals surface area contributed by atoms with Crippen molar-refractivity contribution in [3.05, 3.63) is 34.1 Å². The van der Waals surface area contributed by atoms with E-state index in [0.717, 1.165) is 12.1 Å². The molecule has 6 nitrogen and oxygen atoms in total. The summed E-state index contributed by atoms with van der Waals surface area (Å²) < 4.78 is 18.3. The molecule has 0 bridgehead atoms. The number of hydrogen-bond donors (Lipinski definition) is 1. The summed E-state index contributed by atoms with van der Waals surface area (Å²) in [7, 11) is 0. The first kappa shape index (κ1) is 13.4. The van der Waals surface area contributed by atoms with Gasteiger partial charge in [0.15, 0.2) is 0 Å². The average Bonchev–Trinajstić information content (AvgIpc) is 2.41. The van der Waals surface area contributed by atoms with E-state index >= 15 is 0 Å². The van der Waals surface area contributed by atoms with E-state index in [1.807, 2.05) is 0 Å². The highest BCUT2D eigenvalue weighted by molar-refractivity contribution is 5.92. The zero-order valence-electron chi connectivity index (χ0n) is 10.1. The van der Waals surface area contributed by atoms with E-state index in [1.165, 1.54) is 6.07 Å². The molecule has 1 fully saturated rings. The van der Waals surface area contributed by atoms with Gasteiger partial charge in [0.25, 0.3) is 0 Å². The van der Waals surface area contributed by atoms with Gasteiger partial charge in [0.2, 0.25) is 11.7 Å². The molecule has 0 radical (unpaired) electrons. The standard InChI is InChI=1S/C12H13FN2O4/c13-10-2-1-9(7-11(10)15(17)18)14-12(16)8-3-5-19-6-4-8/h1-2,7-8H,3-6H2,(H,14,16). The van der Waals surface area contributed by atoms with Crippen LogP contribution in [0, 0.1) is 21.8 Å². The van der Waals surface area contributed by atoms with Crippen LogP contribution in [0.2, 0.25) is 0 Å². The van der Waals surface area contributed by atoms with Gasteiger partial charge in [-0.1, -0.05) is 0 Å². The van der Waals surface area contributed by atoms with Gasteiger partial charge in [-0.05, 0) is 25.0 Å². The van der Waals surface area contributed by atoms with Gasteiger partial charge in [0.05, 0.1) is 4.92 Å². The highest BCUT2D eigenvalue weighted by atomic mass is 19.1. The number of nitrogens with one attached hydrogen (secondary N) is 1. The van der Waals surface area contributed by atoms with E-state index in [-0.39, 0.29) is 17.5 Å². The Morgan fingerprint density at radius 1 is 1.42 bits per heavy atom. The summed E-state index contributed by atoms with van der Waals surface area (Å²) in [5, 5.41) is 13.2. The maximum Gasteiger partial charge on any atom is 0.306 e. The van der Waals surface area contributed by atoms with Crippen LogP contribution in [0.4, 0.5) is 15.8 Å². The predicted octanol–water partition coefficient (Wildman–Crippen LogP) is 2.10. The third-order valence-corrected chi connectivity index (χ3v) is 3.00. The van der Waals surface area contributed by atoms with E-state index < -0.39 is 16.4 Å². The number of benzene rings is 1. The van der Waals surface area contributed by atoms with Crippen LogP contribution in [0.1, 0.15) is 12.8 Å². The van der Waals surface area contributed by atoms with Crippen LogP contribution in [0.25, 0.3) is 0 Å². The summed E-state index contributed by atoms with van der Waals surface area (Å²) in [5.74, 6) is -1.31. The lowest BCUT2D eigenvalue weighted by Crippen LogP contribution is -2.28. The first-order chi connectivity index (χ1) is 9.08. The number of nitro groups is 1. The Morgan fingerprint density at radius 2 is 2.11 bits per heavy atom. The molecule has 2 rings (SSSR count). The summed E-state index contributed by atoms with van der Waals surface area (Å²) in [6.45, 7) is 1.06. The topological polar surface area (TPSA) is 81.5 Å². The summed E-state index contributed by atoms with van der Waals surface area (Å²) in [6, 6.07) is 3.30. The highest BCUT2D eigenvalue weighted by Crippen LogP contribution is 2.23. The van der Waals surface area contributed by atoms with Crippen molar-refractivity contribution < 1.29 is 18.8 Å². The number of carbonyl (C=O) groups excluding carboxylic acids is 1. The van der Waals surface area contributed by atoms with Gasteiger partial charge in [-0.15, -0.1) is 0 Å². The molecule has 0 atom stereocenters. The minimum atomic E-state index is -0.922. The smallest absolute Gasteiger partial charge is 0.306 e. The summed E-state index contributed by atoms with van der Waals surface area (Å²) in [6.07, 6.45) is 1.24. The fourth-order valence-electron chi connectivity index (χ4n) is 1.93. The van der Waals surface area contributed by atoms with E-state index in [1.54, 1.807) is 0 Å². The lowest BCUT2D eigenvalue weighted by atomic mass is 9.99. The van der Waals surface area contributed by atoms with Gasteiger partial charge in [-0.25, -0.2) is 0 Å². The molecule has 0 unspecified atom stereocenters. The van der Waals surface area contributed by atoms with Crippen molar-refractivity contribution in [2.75, 3.05) is 18.5 Å². The SMILES string of the molecule is O=C(Nc1ccc(F)c([N+](=O)[O-])c1)C1CCOCC1. The van der Waals surface area contributed by atoms with Crippen molar-refractivity contribution >= 4 is 17.3 Å². The highest BCUT2D eigenvalue weighted by Gasteiger charge is 2.22. The van der Waals surface area contributed by atoms with Crippen molar-refractivity contribution in [1.82, 2.24) is 0 Å². The van der Waals surface area contributed by atoms with E-state index in [0.29, 0.717) is 26.1 Å². The molecule has 1 saturated heterocycles. The molecule has 0 aromatic heterocycles. The number of amides is 1. The quantitative estimate of drug-likeness (QED) is 0.672. The minimum absolute atomic E-state index is 0.169. The largest absolute Gasteiger partial charge is 0.381 e. The van der Waals surface area contributed by atoms with Crippen LogP contribution in [0.3, 0.4) is 0 Å². The van der Waals surface area contributed by atoms with E-state index in [4.69, 9.17) is 4.74 Å². The molecule has 102 valence electrons. The second kappa shape index (κ2) is 5.75. The summed E-state index contributed by atoms with van der Waals surface area (Å²) in [5.41, 5.74) is -0.422. The molecule has 1 aliphatic rings. The fourth-order valence-corrected chi connectivity index (χ4v) is 1.93. The van der Waals surface area contributed by atoms with Crippen LogP contribution in [-0.4, -0.2) is 24.0 Å². The normalized spacial score (nSPS) is 16.1. The van der Waals surface area contributed by atoms with Gasteiger partial charge in [0, 0.05) is 30.9 Å². The molecular weight excluding hydrogens is 255 g/mol. The second-order valence-corrected chi connectivity index (χ2v) is 4.30. The molecular formula is C12H13FN2O4. The third-order valence-electron chi connectivity index (χ3n) is 3.00. The predicted molar refractivity (Wildman–Crippen MR) is 65.2 cm³/mol. The Morgan fingerprint density at radius 3 is 2.74 bits per heavy atom. The number of carbonyl (C=O) groups is 1. The number of rotatable bonds is 3. The van der Waals surface area contributed by atoms with Crippen molar-refractivity contribution in [1.29, 1.82) is 0 Å². The van der Waals surface area contributed by atoms with E-state index in [2.05, 4.69) is 5.32 Å². The van der Waals surface area contributed by atoms with Crippen LogP contribution < -0.4 is 5.32 Å². The molecule has 1 heterocycles. The van der Waals surface area contributed by atoms with Crippen LogP contribution >= 0.6 is 0 Å². The Hall–Kier alpha value is -2.02. The molecule has 1 aromatic rings. The van der Waals surface area contributed by atoms with Gasteiger partial charge in [-0.3, -0.25) is 14.9 Å². The average molecular weight is 268 g/mol. The second-order valence-electron chi connectivity index (χ2n) is 4.30. The van der Waals surface area contributed by atoms with Crippen LogP contribution in [0.5, 0.6) is 0 Å². The first-order valence-electron chi connectivity index (χ1n) is 5.90. The molecule has 1 N–H and O–H groups in total. The Labute approximate surface area is 108 Å². The molecule has 7 heteroatoms. The van der Waals surface area contributed by atoms with Crippen molar-refractivity contribution in [3.8, 4) is 0 Å². The van der Waals surface area contributed by atoms with Gasteiger partial charge >= 0.3 is 5.69 Å². The molecule has 0 spiro atoms. The lowest BCUT2D eigenvalue weighted by molar-refractivity contribution is -0.387. The van der Waals surface area contributed by atoms with Gasteiger partial charge in [0.1, 0.15) is 0 Å². The van der Waals surface area contributed by atoms with Crippen molar-refractivity contribution in [2.45, 2.75) is 12.8 Å². The number of ether oxygens (including phenoxy) is 1. The molecule has 1 aromatic carbocycles. The van der Waals surface area contributed by atoms with E-state index in [9.17, 15) is 19.3 Å². The molecule has 0 saturated carbocycles. The monoisotopic (exact) mass is 268 g/mol. The maximum absolute atomic E-state index is 13.1. The summed E-state index contributed by atoms with van der Waals surface area (Å²) >= 11 is 0. The minimum Gasteiger partial charge on any atom is -0.381 e. The van der Waals surface area contributed by atoms with Gasteiger partial charge in [-0.2, -0.15) is 4.39 Å². The first-order valence-corrected chi connectivity index (χ1v) is 5.90. The van der Waals surface area contributed by atoms with Crippen LogP contribution in [-0.2, 0) is 9.53 Å². The number of nitrogens with zero attached hydrogens (tertiary/aromatic N) is 1. The van der Waals surface area contributed by atoms with Crippen molar-refractivity contribution in [2.24, 2.45) is 5.92 Å². The molecule has 0 aliphatic carbocycles. The Bertz CT molecular complexity index is 501. The summed E-state index contributed by atoms with van der Waals surface area (Å²) in [4.78, 5) is 21.7. The molecule has 1 aliphatic heterocycles. The van der Waals surface area contributed by atoms with Gasteiger partial charge < -0.3 is 10.1 Å². The van der Waals surface area contributed by atoms with Crippen LogP contribution in [0.15, 0.2) is 18.2 Å². The number of anilines is 1. The molecule has 19 heavy (non-hydrogen) atoms. The fraction of sp³-hybridized carbons (Fsp3) is 0.417. The Kier molecular flexibility index (Phi) is 4.06. The number of nitro benzene ring substituents is 1. The third kappa shape index (κ3) is 3.25. The number of hydrogen-bond acceptors (Lipinski definition) is 4. The Balaban J connectivity index is 2.08.